The number of benzene rings is 1. The molecule has 0 aromatic heterocycles. The predicted octanol–water partition coefficient (Wildman–Crippen LogP) is 2.70. The molecule has 0 aliphatic carbocycles. The quantitative estimate of drug-likeness (QED) is 0.779. The highest BCUT2D eigenvalue weighted by Crippen LogP contribution is 2.35. The number of alkyl halides is 3. The number of rotatable bonds is 2. The molecule has 0 bridgehead atoms. The fraction of sp³-hybridized carbons (Fsp3) is 0.250. The van der Waals surface area contributed by atoms with E-state index in [0.717, 1.165) is 12.1 Å². The van der Waals surface area contributed by atoms with Crippen molar-refractivity contribution in [3.8, 4) is 5.75 Å². The molecule has 0 heterocycles. The first-order valence-corrected chi connectivity index (χ1v) is 6.05. The van der Waals surface area contributed by atoms with E-state index in [-0.39, 0.29) is 5.02 Å². The Morgan fingerprint density at radius 3 is 2.31 bits per heavy atom. The summed E-state index contributed by atoms with van der Waals surface area (Å²) in [5.41, 5.74) is -1.03. The zero-order chi connectivity index (χ0) is 12.6. The maximum absolute atomic E-state index is 12.3. The van der Waals surface area contributed by atoms with Gasteiger partial charge in [-0.1, -0.05) is 11.6 Å². The highest BCUT2D eigenvalue weighted by Gasteiger charge is 2.31. The van der Waals surface area contributed by atoms with Gasteiger partial charge in [-0.25, -0.2) is 0 Å². The van der Waals surface area contributed by atoms with Gasteiger partial charge in [0, 0.05) is 0 Å². The first kappa shape index (κ1) is 13.1. The van der Waals surface area contributed by atoms with E-state index in [2.05, 4.69) is 4.18 Å². The topological polar surface area (TPSA) is 43.4 Å². The molecular weight excluding hydrogens is 269 g/mol. The van der Waals surface area contributed by atoms with Gasteiger partial charge >= 0.3 is 16.3 Å². The Morgan fingerprint density at radius 2 is 1.88 bits per heavy atom. The number of hydrogen-bond donors (Lipinski definition) is 0. The van der Waals surface area contributed by atoms with Crippen LogP contribution in [0.4, 0.5) is 13.2 Å². The summed E-state index contributed by atoms with van der Waals surface area (Å²) >= 11 is 5.50. The lowest BCUT2D eigenvalue weighted by Crippen LogP contribution is -2.09. The van der Waals surface area contributed by atoms with Crippen molar-refractivity contribution in [2.75, 3.05) is 6.26 Å². The molecule has 0 aliphatic rings. The summed E-state index contributed by atoms with van der Waals surface area (Å²) < 4.78 is 62.7. The molecule has 1 aromatic carbocycles. The molecule has 8 heteroatoms. The molecule has 0 atom stereocenters. The van der Waals surface area contributed by atoms with Crippen molar-refractivity contribution in [3.63, 3.8) is 0 Å². The molecule has 0 fully saturated rings. The summed E-state index contributed by atoms with van der Waals surface area (Å²) in [5.74, 6) is -0.543. The SMILES string of the molecule is CS(=O)(=O)Oc1cc(C(F)(F)F)ccc1Cl. The van der Waals surface area contributed by atoms with Crippen molar-refractivity contribution in [1.82, 2.24) is 0 Å². The smallest absolute Gasteiger partial charge is 0.381 e. The van der Waals surface area contributed by atoms with Crippen LogP contribution in [0.15, 0.2) is 18.2 Å². The fourth-order valence-electron chi connectivity index (χ4n) is 0.907. The molecule has 3 nitrogen and oxygen atoms in total. The Bertz CT molecular complexity index is 496. The molecule has 0 saturated heterocycles. The van der Waals surface area contributed by atoms with Gasteiger partial charge in [0.15, 0.2) is 5.75 Å². The van der Waals surface area contributed by atoms with E-state index in [9.17, 15) is 21.6 Å². The third kappa shape index (κ3) is 3.57. The Hall–Kier alpha value is -0.950. The minimum Gasteiger partial charge on any atom is -0.381 e. The molecule has 1 rings (SSSR count). The van der Waals surface area contributed by atoms with Crippen molar-refractivity contribution < 1.29 is 25.8 Å². The van der Waals surface area contributed by atoms with Crippen molar-refractivity contribution in [2.45, 2.75) is 6.18 Å². The van der Waals surface area contributed by atoms with Crippen molar-refractivity contribution in [3.05, 3.63) is 28.8 Å². The van der Waals surface area contributed by atoms with Crippen molar-refractivity contribution in [1.29, 1.82) is 0 Å². The Labute approximate surface area is 94.9 Å². The van der Waals surface area contributed by atoms with Gasteiger partial charge in [0.2, 0.25) is 0 Å². The second-order valence-electron chi connectivity index (χ2n) is 2.93. The molecule has 0 saturated carbocycles. The van der Waals surface area contributed by atoms with Gasteiger partial charge in [-0.2, -0.15) is 21.6 Å². The standard InChI is InChI=1S/C8H6ClF3O3S/c1-16(13,14)15-7-4-5(8(10,11)12)2-3-6(7)9/h2-4H,1H3. The predicted molar refractivity (Wildman–Crippen MR) is 51.9 cm³/mol. The summed E-state index contributed by atoms with van der Waals surface area (Å²) in [6.45, 7) is 0. The first-order chi connectivity index (χ1) is 7.09. The van der Waals surface area contributed by atoms with Crippen LogP contribution in [-0.4, -0.2) is 14.7 Å². The molecule has 90 valence electrons. The average molecular weight is 275 g/mol. The summed E-state index contributed by atoms with van der Waals surface area (Å²) in [4.78, 5) is 0. The highest BCUT2D eigenvalue weighted by atomic mass is 35.5. The van der Waals surface area contributed by atoms with Gasteiger partial charge in [0.25, 0.3) is 0 Å². The van der Waals surface area contributed by atoms with Crippen LogP contribution in [0.5, 0.6) is 5.75 Å². The van der Waals surface area contributed by atoms with Crippen LogP contribution in [0.2, 0.25) is 5.02 Å². The van der Waals surface area contributed by atoms with Crippen LogP contribution in [-0.2, 0) is 16.3 Å². The lowest BCUT2D eigenvalue weighted by atomic mass is 10.2. The normalized spacial score (nSPS) is 12.6. The van der Waals surface area contributed by atoms with Gasteiger partial charge in [-0.05, 0) is 18.2 Å². The van der Waals surface area contributed by atoms with E-state index in [0.29, 0.717) is 12.3 Å². The second kappa shape index (κ2) is 4.14. The maximum Gasteiger partial charge on any atom is 0.416 e. The maximum atomic E-state index is 12.3. The van der Waals surface area contributed by atoms with Crippen LogP contribution >= 0.6 is 11.6 Å². The lowest BCUT2D eigenvalue weighted by Gasteiger charge is -2.10. The number of halogens is 4. The van der Waals surface area contributed by atoms with E-state index in [1.165, 1.54) is 0 Å². The Balaban J connectivity index is 3.20. The number of hydrogen-bond acceptors (Lipinski definition) is 3. The van der Waals surface area contributed by atoms with E-state index in [1.54, 1.807) is 0 Å². The summed E-state index contributed by atoms with van der Waals surface area (Å²) in [5, 5.41) is -0.210. The third-order valence-corrected chi connectivity index (χ3v) is 2.29. The van der Waals surface area contributed by atoms with Gasteiger partial charge in [-0.15, -0.1) is 0 Å². The fourth-order valence-corrected chi connectivity index (χ4v) is 1.57. The minimum absolute atomic E-state index is 0.210. The minimum atomic E-state index is -4.58. The van der Waals surface area contributed by atoms with E-state index < -0.39 is 27.6 Å². The van der Waals surface area contributed by atoms with Crippen LogP contribution in [0, 0.1) is 0 Å². The molecule has 0 spiro atoms. The zero-order valence-electron chi connectivity index (χ0n) is 7.88. The van der Waals surface area contributed by atoms with Crippen molar-refractivity contribution in [2.24, 2.45) is 0 Å². The van der Waals surface area contributed by atoms with E-state index in [1.807, 2.05) is 0 Å². The monoisotopic (exact) mass is 274 g/mol. The molecule has 0 aliphatic heterocycles. The van der Waals surface area contributed by atoms with Gasteiger partial charge in [0.05, 0.1) is 16.8 Å². The van der Waals surface area contributed by atoms with Crippen LogP contribution in [0.3, 0.4) is 0 Å². The van der Waals surface area contributed by atoms with E-state index in [4.69, 9.17) is 11.6 Å². The molecule has 0 unspecified atom stereocenters. The summed E-state index contributed by atoms with van der Waals surface area (Å²) in [7, 11) is -3.91. The molecule has 0 radical (unpaired) electrons. The van der Waals surface area contributed by atoms with Gasteiger partial charge < -0.3 is 4.18 Å². The largest absolute Gasteiger partial charge is 0.416 e. The van der Waals surface area contributed by atoms with Crippen LogP contribution in [0.1, 0.15) is 5.56 Å². The average Bonchev–Trinajstić information content (AvgIpc) is 2.04. The van der Waals surface area contributed by atoms with Gasteiger partial charge in [0.1, 0.15) is 0 Å². The summed E-state index contributed by atoms with van der Waals surface area (Å²) in [6.07, 6.45) is -3.87. The molecule has 0 N–H and O–H groups in total. The Morgan fingerprint density at radius 1 is 1.31 bits per heavy atom. The van der Waals surface area contributed by atoms with Gasteiger partial charge in [-0.3, -0.25) is 0 Å². The van der Waals surface area contributed by atoms with Crippen molar-refractivity contribution >= 4 is 21.7 Å². The molecular formula is C8H6ClF3O3S. The molecule has 1 aromatic rings. The summed E-state index contributed by atoms with van der Waals surface area (Å²) in [6, 6.07) is 2.19. The first-order valence-electron chi connectivity index (χ1n) is 3.86. The van der Waals surface area contributed by atoms with Crippen LogP contribution < -0.4 is 4.18 Å². The second-order valence-corrected chi connectivity index (χ2v) is 4.91. The third-order valence-electron chi connectivity index (χ3n) is 1.50. The Kier molecular flexibility index (Phi) is 3.39. The van der Waals surface area contributed by atoms with E-state index >= 15 is 0 Å². The molecule has 0 amide bonds. The zero-order valence-corrected chi connectivity index (χ0v) is 9.45. The highest BCUT2D eigenvalue weighted by molar-refractivity contribution is 7.86. The van der Waals surface area contributed by atoms with Crippen LogP contribution in [0.25, 0.3) is 0 Å². The lowest BCUT2D eigenvalue weighted by molar-refractivity contribution is -0.137. The molecule has 16 heavy (non-hydrogen) atoms.